The van der Waals surface area contributed by atoms with Crippen molar-refractivity contribution in [2.24, 2.45) is 58.2 Å². The summed E-state index contributed by atoms with van der Waals surface area (Å²) in [7, 11) is 0. The predicted molar refractivity (Wildman–Crippen MR) is 159 cm³/mol. The first kappa shape index (κ1) is 31.8. The molecule has 0 bridgehead atoms. The van der Waals surface area contributed by atoms with Gasteiger partial charge in [0.2, 0.25) is 0 Å². The van der Waals surface area contributed by atoms with E-state index in [2.05, 4.69) is 41.5 Å². The van der Waals surface area contributed by atoms with Gasteiger partial charge in [-0.2, -0.15) is 0 Å². The Morgan fingerprint density at radius 2 is 1.57 bits per heavy atom. The zero-order valence-corrected chi connectivity index (χ0v) is 27.0. The number of rotatable bonds is 11. The first-order valence-corrected chi connectivity index (χ1v) is 16.9. The average molecular weight is 561 g/mol. The molecule has 4 fully saturated rings. The number of esters is 2. The van der Waals surface area contributed by atoms with E-state index in [-0.39, 0.29) is 24.0 Å². The molecule has 5 nitrogen and oxygen atoms in total. The Kier molecular flexibility index (Phi) is 10.4. The van der Waals surface area contributed by atoms with Gasteiger partial charge in [-0.25, -0.2) is 0 Å². The molecule has 0 aromatic heterocycles. The van der Waals surface area contributed by atoms with Crippen molar-refractivity contribution in [3.05, 3.63) is 0 Å². The quantitative estimate of drug-likeness (QED) is 0.187. The predicted octanol–water partition coefficient (Wildman–Crippen LogP) is 8.58. The molecule has 0 heterocycles. The molecule has 0 aliphatic heterocycles. The van der Waals surface area contributed by atoms with E-state index in [0.717, 1.165) is 43.4 Å². The van der Waals surface area contributed by atoms with Crippen LogP contribution in [0.2, 0.25) is 0 Å². The smallest absolute Gasteiger partial charge is 0.308 e. The molecule has 0 aromatic carbocycles. The van der Waals surface area contributed by atoms with Crippen LogP contribution in [-0.4, -0.2) is 30.9 Å². The van der Waals surface area contributed by atoms with Crippen LogP contribution < -0.4 is 0 Å². The van der Waals surface area contributed by atoms with Gasteiger partial charge in [-0.05, 0) is 130 Å². The van der Waals surface area contributed by atoms with E-state index < -0.39 is 6.29 Å². The van der Waals surface area contributed by atoms with Crippen molar-refractivity contribution in [1.29, 1.82) is 0 Å². The molecule has 0 N–H and O–H groups in total. The summed E-state index contributed by atoms with van der Waals surface area (Å²) < 4.78 is 17.2. The molecule has 4 aliphatic carbocycles. The number of carbonyl (C=O) groups is 2. The first-order chi connectivity index (χ1) is 18.9. The highest BCUT2D eigenvalue weighted by atomic mass is 16.7. The molecule has 4 rings (SSSR count). The monoisotopic (exact) mass is 560 g/mol. The lowest BCUT2D eigenvalue weighted by Gasteiger charge is -2.61. The molecule has 5 heteroatoms. The summed E-state index contributed by atoms with van der Waals surface area (Å²) in [5, 5.41) is 0. The van der Waals surface area contributed by atoms with E-state index in [1.54, 1.807) is 0 Å². The van der Waals surface area contributed by atoms with Crippen molar-refractivity contribution < 1.29 is 23.8 Å². The highest BCUT2D eigenvalue weighted by Crippen LogP contribution is 2.68. The van der Waals surface area contributed by atoms with Crippen molar-refractivity contribution in [3.8, 4) is 0 Å². The van der Waals surface area contributed by atoms with Crippen molar-refractivity contribution in [2.45, 2.75) is 145 Å². The SMILES string of the molecule is CCC(C)C(=O)OC1CCC2(C)C(CCC3C2CCC2(C)C(C(C)CCC(=O)OC(C)OCC(C)C)CCC32)C1. The van der Waals surface area contributed by atoms with Crippen LogP contribution in [0.1, 0.15) is 132 Å². The van der Waals surface area contributed by atoms with Crippen LogP contribution in [0.3, 0.4) is 0 Å². The van der Waals surface area contributed by atoms with E-state index in [4.69, 9.17) is 14.2 Å². The van der Waals surface area contributed by atoms with Crippen LogP contribution in [0.15, 0.2) is 0 Å². The molecule has 4 saturated carbocycles. The summed E-state index contributed by atoms with van der Waals surface area (Å²) in [6.45, 7) is 18.3. The van der Waals surface area contributed by atoms with Gasteiger partial charge in [0, 0.05) is 6.42 Å². The number of hydrogen-bond acceptors (Lipinski definition) is 5. The third kappa shape index (κ3) is 6.60. The third-order valence-corrected chi connectivity index (χ3v) is 12.4. The fraction of sp³-hybridized carbons (Fsp3) is 0.943. The van der Waals surface area contributed by atoms with E-state index >= 15 is 0 Å². The fourth-order valence-corrected chi connectivity index (χ4v) is 9.90. The van der Waals surface area contributed by atoms with Gasteiger partial charge >= 0.3 is 11.9 Å². The van der Waals surface area contributed by atoms with Gasteiger partial charge in [-0.1, -0.05) is 48.5 Å². The van der Waals surface area contributed by atoms with E-state index in [1.807, 2.05) is 13.8 Å². The molecule has 40 heavy (non-hydrogen) atoms. The molecule has 0 amide bonds. The summed E-state index contributed by atoms with van der Waals surface area (Å²) in [6, 6.07) is 0. The second-order valence-corrected chi connectivity index (χ2v) is 15.3. The Hall–Kier alpha value is -1.10. The Bertz CT molecular complexity index is 870. The topological polar surface area (TPSA) is 61.8 Å². The van der Waals surface area contributed by atoms with Crippen LogP contribution >= 0.6 is 0 Å². The number of hydrogen-bond donors (Lipinski definition) is 0. The molecule has 4 aliphatic rings. The Morgan fingerprint density at radius 1 is 0.875 bits per heavy atom. The van der Waals surface area contributed by atoms with Crippen molar-refractivity contribution in [1.82, 2.24) is 0 Å². The summed E-state index contributed by atoms with van der Waals surface area (Å²) in [6.07, 6.45) is 13.2. The van der Waals surface area contributed by atoms with Gasteiger partial charge in [0.25, 0.3) is 0 Å². The normalized spacial score (nSPS) is 39.4. The van der Waals surface area contributed by atoms with Crippen LogP contribution in [0.5, 0.6) is 0 Å². The van der Waals surface area contributed by atoms with Gasteiger partial charge < -0.3 is 14.2 Å². The molecular weight excluding hydrogens is 500 g/mol. The second-order valence-electron chi connectivity index (χ2n) is 15.3. The van der Waals surface area contributed by atoms with Gasteiger partial charge in [-0.15, -0.1) is 0 Å². The first-order valence-electron chi connectivity index (χ1n) is 16.9. The average Bonchev–Trinajstić information content (AvgIpc) is 3.27. The van der Waals surface area contributed by atoms with Crippen LogP contribution in [0.4, 0.5) is 0 Å². The van der Waals surface area contributed by atoms with Crippen LogP contribution in [-0.2, 0) is 23.8 Å². The maximum absolute atomic E-state index is 12.5. The van der Waals surface area contributed by atoms with Crippen LogP contribution in [0, 0.1) is 58.2 Å². The summed E-state index contributed by atoms with van der Waals surface area (Å²) in [5.74, 6) is 4.71. The molecule has 0 radical (unpaired) electrons. The Balaban J connectivity index is 1.32. The number of ether oxygens (including phenoxy) is 3. The zero-order valence-electron chi connectivity index (χ0n) is 27.0. The largest absolute Gasteiger partial charge is 0.462 e. The highest BCUT2D eigenvalue weighted by molar-refractivity contribution is 5.72. The third-order valence-electron chi connectivity index (χ3n) is 12.4. The van der Waals surface area contributed by atoms with Crippen molar-refractivity contribution in [2.75, 3.05) is 6.61 Å². The minimum Gasteiger partial charge on any atom is -0.462 e. The minimum atomic E-state index is -0.465. The number of carbonyl (C=O) groups excluding carboxylic acids is 2. The Labute approximate surface area is 245 Å². The summed E-state index contributed by atoms with van der Waals surface area (Å²) in [4.78, 5) is 25.0. The lowest BCUT2D eigenvalue weighted by molar-refractivity contribution is -0.177. The lowest BCUT2D eigenvalue weighted by Crippen LogP contribution is -2.54. The summed E-state index contributed by atoms with van der Waals surface area (Å²) in [5.41, 5.74) is 0.787. The van der Waals surface area contributed by atoms with Gasteiger partial charge in [0.05, 0.1) is 12.5 Å². The minimum absolute atomic E-state index is 0.00609. The Morgan fingerprint density at radius 3 is 2.27 bits per heavy atom. The van der Waals surface area contributed by atoms with Gasteiger partial charge in [-0.3, -0.25) is 9.59 Å². The summed E-state index contributed by atoms with van der Waals surface area (Å²) >= 11 is 0. The number of fused-ring (bicyclic) bond motifs is 5. The molecule has 0 saturated heterocycles. The second kappa shape index (κ2) is 13.0. The van der Waals surface area contributed by atoms with Gasteiger partial charge in [0.1, 0.15) is 6.10 Å². The molecule has 11 unspecified atom stereocenters. The molecule has 0 spiro atoms. The maximum atomic E-state index is 12.5. The fourth-order valence-electron chi connectivity index (χ4n) is 9.90. The van der Waals surface area contributed by atoms with Crippen molar-refractivity contribution in [3.63, 3.8) is 0 Å². The van der Waals surface area contributed by atoms with E-state index in [1.165, 1.54) is 44.9 Å². The van der Waals surface area contributed by atoms with Crippen molar-refractivity contribution >= 4 is 11.9 Å². The lowest BCUT2D eigenvalue weighted by atomic mass is 9.44. The molecule has 230 valence electrons. The van der Waals surface area contributed by atoms with E-state index in [9.17, 15) is 9.59 Å². The van der Waals surface area contributed by atoms with Gasteiger partial charge in [0.15, 0.2) is 6.29 Å². The molecule has 11 atom stereocenters. The maximum Gasteiger partial charge on any atom is 0.308 e. The zero-order chi connectivity index (χ0) is 29.2. The standard InChI is InChI=1S/C35H60O5/c1-9-23(4)33(37)40-27-16-18-34(7)26(20-27)11-12-28-30-14-13-29(35(30,8)19-17-31(28)34)24(5)10-15-32(36)39-25(6)38-21-22(2)3/h22-31H,9-21H2,1-8H3. The van der Waals surface area contributed by atoms with E-state index in [0.29, 0.717) is 47.5 Å². The molecule has 0 aromatic rings. The molecular formula is C35H60O5. The highest BCUT2D eigenvalue weighted by Gasteiger charge is 2.60. The van der Waals surface area contributed by atoms with Crippen LogP contribution in [0.25, 0.3) is 0 Å².